The van der Waals surface area contributed by atoms with Gasteiger partial charge in [-0.15, -0.1) is 0 Å². The Labute approximate surface area is 186 Å². The van der Waals surface area contributed by atoms with E-state index < -0.39 is 5.91 Å². The second-order valence-corrected chi connectivity index (χ2v) is 6.86. The van der Waals surface area contributed by atoms with Crippen LogP contribution in [-0.2, 0) is 16.1 Å². The maximum absolute atomic E-state index is 12.3. The molecule has 3 rings (SSSR count). The average molecular weight is 432 g/mol. The monoisotopic (exact) mass is 432 g/mol. The number of ether oxygens (including phenoxy) is 3. The zero-order valence-corrected chi connectivity index (χ0v) is 18.2. The Bertz CT molecular complexity index is 1180. The van der Waals surface area contributed by atoms with Crippen molar-refractivity contribution >= 4 is 22.9 Å². The molecule has 0 unspecified atom stereocenters. The summed E-state index contributed by atoms with van der Waals surface area (Å²) < 4.78 is 16.3. The number of hydrazone groups is 1. The SMILES string of the molecule is CCOc1ccc2ccccc2c1C=NNC(=O)COc1nc(C)cc(COC)c1C#N. The molecular formula is C24H24N4O4. The number of pyridine rings is 1. The molecule has 1 N–H and O–H groups in total. The van der Waals surface area contributed by atoms with Gasteiger partial charge in [-0.25, -0.2) is 10.4 Å². The van der Waals surface area contributed by atoms with Gasteiger partial charge >= 0.3 is 0 Å². The Hall–Kier alpha value is -3.96. The highest BCUT2D eigenvalue weighted by Gasteiger charge is 2.14. The third kappa shape index (κ3) is 5.39. The summed E-state index contributed by atoms with van der Waals surface area (Å²) in [5.41, 5.74) is 4.75. The van der Waals surface area contributed by atoms with Gasteiger partial charge in [0.25, 0.3) is 5.91 Å². The number of rotatable bonds is 9. The molecule has 8 heteroatoms. The number of nitriles is 1. The number of carbonyl (C=O) groups excluding carboxylic acids is 1. The lowest BCUT2D eigenvalue weighted by atomic mass is 10.0. The zero-order valence-electron chi connectivity index (χ0n) is 18.2. The van der Waals surface area contributed by atoms with E-state index >= 15 is 0 Å². The number of nitrogens with zero attached hydrogens (tertiary/aromatic N) is 3. The number of hydrogen-bond donors (Lipinski definition) is 1. The summed E-state index contributed by atoms with van der Waals surface area (Å²) in [4.78, 5) is 16.5. The lowest BCUT2D eigenvalue weighted by Gasteiger charge is -2.11. The summed E-state index contributed by atoms with van der Waals surface area (Å²) in [6.07, 6.45) is 1.55. The van der Waals surface area contributed by atoms with Gasteiger partial charge in [-0.2, -0.15) is 10.4 Å². The maximum Gasteiger partial charge on any atom is 0.278 e. The van der Waals surface area contributed by atoms with E-state index in [1.54, 1.807) is 19.2 Å². The fourth-order valence-electron chi connectivity index (χ4n) is 3.23. The summed E-state index contributed by atoms with van der Waals surface area (Å²) in [6.45, 7) is 4.09. The van der Waals surface area contributed by atoms with Gasteiger partial charge in [0.2, 0.25) is 5.88 Å². The Morgan fingerprint density at radius 1 is 1.25 bits per heavy atom. The Morgan fingerprint density at radius 3 is 2.81 bits per heavy atom. The number of benzene rings is 2. The van der Waals surface area contributed by atoms with Crippen molar-refractivity contribution in [2.24, 2.45) is 5.10 Å². The number of nitrogens with one attached hydrogen (secondary N) is 1. The largest absolute Gasteiger partial charge is 0.493 e. The summed E-state index contributed by atoms with van der Waals surface area (Å²) >= 11 is 0. The summed E-state index contributed by atoms with van der Waals surface area (Å²) in [7, 11) is 1.54. The zero-order chi connectivity index (χ0) is 22.9. The average Bonchev–Trinajstić information content (AvgIpc) is 2.79. The van der Waals surface area contributed by atoms with E-state index in [2.05, 4.69) is 21.6 Å². The van der Waals surface area contributed by atoms with Crippen molar-refractivity contribution in [2.45, 2.75) is 20.5 Å². The molecule has 1 heterocycles. The van der Waals surface area contributed by atoms with Crippen LogP contribution in [0.5, 0.6) is 11.6 Å². The Balaban J connectivity index is 1.71. The molecular weight excluding hydrogens is 408 g/mol. The van der Waals surface area contributed by atoms with E-state index in [9.17, 15) is 10.1 Å². The molecule has 0 aliphatic heterocycles. The van der Waals surface area contributed by atoms with E-state index in [1.165, 1.54) is 7.11 Å². The molecule has 32 heavy (non-hydrogen) atoms. The summed E-state index contributed by atoms with van der Waals surface area (Å²) in [5.74, 6) is 0.278. The molecule has 0 spiro atoms. The van der Waals surface area contributed by atoms with Gasteiger partial charge < -0.3 is 14.2 Å². The van der Waals surface area contributed by atoms with E-state index in [4.69, 9.17) is 14.2 Å². The first-order chi connectivity index (χ1) is 15.6. The molecule has 1 amide bonds. The Morgan fingerprint density at radius 2 is 2.06 bits per heavy atom. The van der Waals surface area contributed by atoms with Crippen molar-refractivity contribution in [1.82, 2.24) is 10.4 Å². The number of carbonyl (C=O) groups is 1. The standard InChI is InChI=1S/C24H24N4O4/c1-4-31-22-10-9-17-7-5-6-8-19(17)21(22)13-26-28-23(29)15-32-24-20(12-25)18(14-30-3)11-16(2)27-24/h5-11,13H,4,14-15H2,1-3H3,(H,28,29). The molecule has 2 aromatic carbocycles. The minimum atomic E-state index is -0.486. The van der Waals surface area contributed by atoms with Crippen LogP contribution in [-0.4, -0.2) is 37.4 Å². The van der Waals surface area contributed by atoms with Gasteiger partial charge in [0.15, 0.2) is 6.61 Å². The summed E-state index contributed by atoms with van der Waals surface area (Å²) in [6, 6.07) is 15.5. The number of amides is 1. The van der Waals surface area contributed by atoms with Crippen molar-refractivity contribution in [1.29, 1.82) is 5.26 Å². The second kappa shape index (κ2) is 10.9. The minimum absolute atomic E-state index is 0.0892. The predicted octanol–water partition coefficient (Wildman–Crippen LogP) is 3.49. The van der Waals surface area contributed by atoms with Crippen LogP contribution in [0.25, 0.3) is 10.8 Å². The topological polar surface area (TPSA) is 106 Å². The molecule has 8 nitrogen and oxygen atoms in total. The molecule has 164 valence electrons. The van der Waals surface area contributed by atoms with Crippen molar-refractivity contribution in [3.05, 3.63) is 64.8 Å². The first-order valence-corrected chi connectivity index (χ1v) is 10.1. The normalized spacial score (nSPS) is 10.8. The van der Waals surface area contributed by atoms with E-state index in [0.717, 1.165) is 16.3 Å². The minimum Gasteiger partial charge on any atom is -0.493 e. The molecule has 1 aromatic heterocycles. The molecule has 0 aliphatic rings. The lowest BCUT2D eigenvalue weighted by Crippen LogP contribution is -2.25. The van der Waals surface area contributed by atoms with Crippen LogP contribution in [0.4, 0.5) is 0 Å². The van der Waals surface area contributed by atoms with E-state index in [-0.39, 0.29) is 24.7 Å². The Kier molecular flexibility index (Phi) is 7.73. The highest BCUT2D eigenvalue weighted by atomic mass is 16.5. The fourth-order valence-corrected chi connectivity index (χ4v) is 3.23. The molecule has 0 fully saturated rings. The van der Waals surface area contributed by atoms with Crippen LogP contribution < -0.4 is 14.9 Å². The summed E-state index contributed by atoms with van der Waals surface area (Å²) in [5, 5.41) is 15.5. The number of methoxy groups -OCH3 is 1. The third-order valence-corrected chi connectivity index (χ3v) is 4.56. The van der Waals surface area contributed by atoms with Crippen LogP contribution in [0, 0.1) is 18.3 Å². The number of aromatic nitrogens is 1. The van der Waals surface area contributed by atoms with Crippen molar-refractivity contribution < 1.29 is 19.0 Å². The van der Waals surface area contributed by atoms with Crippen LogP contribution in [0.3, 0.4) is 0 Å². The molecule has 0 bridgehead atoms. The van der Waals surface area contributed by atoms with Crippen LogP contribution >= 0.6 is 0 Å². The van der Waals surface area contributed by atoms with Crippen LogP contribution in [0.2, 0.25) is 0 Å². The maximum atomic E-state index is 12.3. The highest BCUT2D eigenvalue weighted by molar-refractivity contribution is 6.02. The predicted molar refractivity (Wildman–Crippen MR) is 121 cm³/mol. The molecule has 0 saturated heterocycles. The molecule has 3 aromatic rings. The molecule has 0 aliphatic carbocycles. The van der Waals surface area contributed by atoms with E-state index in [0.29, 0.717) is 23.6 Å². The molecule has 0 radical (unpaired) electrons. The van der Waals surface area contributed by atoms with E-state index in [1.807, 2.05) is 43.3 Å². The lowest BCUT2D eigenvalue weighted by molar-refractivity contribution is -0.123. The highest BCUT2D eigenvalue weighted by Crippen LogP contribution is 2.26. The van der Waals surface area contributed by atoms with Gasteiger partial charge in [-0.05, 0) is 36.8 Å². The van der Waals surface area contributed by atoms with Gasteiger partial charge in [0.05, 0.1) is 19.4 Å². The van der Waals surface area contributed by atoms with Crippen molar-refractivity contribution in [2.75, 3.05) is 20.3 Å². The van der Waals surface area contributed by atoms with Gasteiger partial charge in [-0.3, -0.25) is 4.79 Å². The van der Waals surface area contributed by atoms with Gasteiger partial charge in [0, 0.05) is 23.9 Å². The number of fused-ring (bicyclic) bond motifs is 1. The second-order valence-electron chi connectivity index (χ2n) is 6.86. The van der Waals surface area contributed by atoms with Gasteiger partial charge in [-0.1, -0.05) is 30.3 Å². The van der Waals surface area contributed by atoms with Crippen molar-refractivity contribution in [3.8, 4) is 17.7 Å². The fraction of sp³-hybridized carbons (Fsp3) is 0.250. The first-order valence-electron chi connectivity index (χ1n) is 10.1. The molecule has 0 saturated carbocycles. The third-order valence-electron chi connectivity index (χ3n) is 4.56. The first kappa shape index (κ1) is 22.7. The quantitative estimate of drug-likeness (QED) is 0.410. The van der Waals surface area contributed by atoms with Crippen LogP contribution in [0.1, 0.15) is 29.3 Å². The number of aryl methyl sites for hydroxylation is 1. The molecule has 0 atom stereocenters. The van der Waals surface area contributed by atoms with Crippen LogP contribution in [0.15, 0.2) is 47.6 Å². The smallest absolute Gasteiger partial charge is 0.278 e. The van der Waals surface area contributed by atoms with Gasteiger partial charge in [0.1, 0.15) is 17.4 Å². The van der Waals surface area contributed by atoms with Crippen molar-refractivity contribution in [3.63, 3.8) is 0 Å². The number of hydrogen-bond acceptors (Lipinski definition) is 7.